The van der Waals surface area contributed by atoms with Gasteiger partial charge in [0, 0.05) is 12.8 Å². The molecule has 0 N–H and O–H groups in total. The van der Waals surface area contributed by atoms with Gasteiger partial charge in [-0.2, -0.15) is 9.59 Å². The van der Waals surface area contributed by atoms with Gasteiger partial charge in [-0.25, -0.2) is 0 Å². The van der Waals surface area contributed by atoms with Crippen LogP contribution in [0.1, 0.15) is 33.6 Å². The van der Waals surface area contributed by atoms with E-state index in [1.807, 2.05) is 0 Å². The molecule has 0 atom stereocenters. The van der Waals surface area contributed by atoms with E-state index in [9.17, 15) is 9.59 Å². The third-order valence-corrected chi connectivity index (χ3v) is 2.60. The summed E-state index contributed by atoms with van der Waals surface area (Å²) in [5, 5.41) is 0. The minimum Gasteiger partial charge on any atom is -0.423 e. The summed E-state index contributed by atoms with van der Waals surface area (Å²) >= 11 is 0. The number of nitrogens with zero attached hydrogens (tertiary/aromatic N) is 1. The van der Waals surface area contributed by atoms with Gasteiger partial charge in [-0.3, -0.25) is 0 Å². The molecule has 0 aromatic heterocycles. The lowest BCUT2D eigenvalue weighted by molar-refractivity contribution is -0.772. The van der Waals surface area contributed by atoms with Gasteiger partial charge in [0.2, 0.25) is 0 Å². The monoisotopic (exact) mass is 230 g/mol. The molecule has 0 spiro atoms. The van der Waals surface area contributed by atoms with Gasteiger partial charge in [0.25, 0.3) is 0 Å². The third kappa shape index (κ3) is 2.52. The molecule has 0 bridgehead atoms. The molecule has 0 radical (unpaired) electrons. The van der Waals surface area contributed by atoms with Gasteiger partial charge < -0.3 is 9.47 Å². The van der Waals surface area contributed by atoms with Crippen LogP contribution in [0.4, 0.5) is 9.59 Å². The Morgan fingerprint density at radius 1 is 1.06 bits per heavy atom. The van der Waals surface area contributed by atoms with Crippen LogP contribution in [0.2, 0.25) is 0 Å². The normalized spacial score (nSPS) is 19.2. The number of carbonyl (C=O) groups excluding carboxylic acids is 2. The summed E-state index contributed by atoms with van der Waals surface area (Å²) in [5.41, 5.74) is -0.584. The number of rotatable bonds is 0. The van der Waals surface area contributed by atoms with Crippen molar-refractivity contribution in [1.29, 1.82) is 0 Å². The number of hydrogen-bond acceptors (Lipinski definition) is 4. The molecule has 1 rings (SSSR count). The molecule has 5 nitrogen and oxygen atoms in total. The van der Waals surface area contributed by atoms with Crippen LogP contribution in [0.5, 0.6) is 0 Å². The van der Waals surface area contributed by atoms with E-state index in [1.54, 1.807) is 20.8 Å². The number of methoxy groups -OCH3 is 1. The van der Waals surface area contributed by atoms with Crippen LogP contribution in [0, 0.1) is 0 Å². The Kier molecular flexibility index (Phi) is 3.57. The van der Waals surface area contributed by atoms with Crippen LogP contribution in [0.3, 0.4) is 0 Å². The summed E-state index contributed by atoms with van der Waals surface area (Å²) in [6, 6.07) is 0. The molecular weight excluding hydrogens is 210 g/mol. The quantitative estimate of drug-likeness (QED) is 0.599. The Labute approximate surface area is 95.9 Å². The highest BCUT2D eigenvalue weighted by atomic mass is 16.6. The van der Waals surface area contributed by atoms with Crippen molar-refractivity contribution in [3.63, 3.8) is 0 Å². The van der Waals surface area contributed by atoms with Gasteiger partial charge in [-0.15, -0.1) is 4.48 Å². The summed E-state index contributed by atoms with van der Waals surface area (Å²) in [7, 11) is 1.30. The first-order chi connectivity index (χ1) is 7.32. The molecule has 92 valence electrons. The Morgan fingerprint density at radius 3 is 1.94 bits per heavy atom. The molecule has 0 aromatic carbocycles. The summed E-state index contributed by atoms with van der Waals surface area (Å²) in [5.74, 6) is 0. The molecule has 1 aliphatic heterocycles. The van der Waals surface area contributed by atoms with Crippen molar-refractivity contribution in [2.45, 2.75) is 39.2 Å². The molecule has 2 amide bonds. The fraction of sp³-hybridized carbons (Fsp3) is 0.818. The SMILES string of the molecule is COC(=O)[N+]1(C(=O)OC(C)(C)C)CCCC1. The van der Waals surface area contributed by atoms with E-state index in [2.05, 4.69) is 0 Å². The lowest BCUT2D eigenvalue weighted by Crippen LogP contribution is -2.56. The average molecular weight is 230 g/mol. The van der Waals surface area contributed by atoms with Crippen molar-refractivity contribution < 1.29 is 23.5 Å². The van der Waals surface area contributed by atoms with Crippen molar-refractivity contribution in [3.8, 4) is 0 Å². The van der Waals surface area contributed by atoms with Gasteiger partial charge in [0.15, 0.2) is 0 Å². The first-order valence-corrected chi connectivity index (χ1v) is 5.51. The lowest BCUT2D eigenvalue weighted by atomic mass is 10.2. The van der Waals surface area contributed by atoms with Crippen LogP contribution in [-0.2, 0) is 9.47 Å². The first-order valence-electron chi connectivity index (χ1n) is 5.51. The number of hydrogen-bond donors (Lipinski definition) is 0. The van der Waals surface area contributed by atoms with Crippen LogP contribution in [0.15, 0.2) is 0 Å². The molecule has 0 unspecified atom stereocenters. The second-order valence-corrected chi connectivity index (χ2v) is 5.07. The molecule has 5 heteroatoms. The predicted molar refractivity (Wildman–Crippen MR) is 57.9 cm³/mol. The van der Waals surface area contributed by atoms with E-state index in [0.29, 0.717) is 13.1 Å². The van der Waals surface area contributed by atoms with Crippen LogP contribution in [0.25, 0.3) is 0 Å². The molecule has 0 saturated carbocycles. The lowest BCUT2D eigenvalue weighted by Gasteiger charge is -2.28. The zero-order valence-electron chi connectivity index (χ0n) is 10.4. The molecule has 0 aliphatic carbocycles. The highest BCUT2D eigenvalue weighted by Crippen LogP contribution is 2.25. The summed E-state index contributed by atoms with van der Waals surface area (Å²) in [4.78, 5) is 23.7. The van der Waals surface area contributed by atoms with Gasteiger partial charge in [0.1, 0.15) is 5.60 Å². The van der Waals surface area contributed by atoms with E-state index >= 15 is 0 Å². The van der Waals surface area contributed by atoms with Gasteiger partial charge in [-0.05, 0) is 20.8 Å². The van der Waals surface area contributed by atoms with Gasteiger partial charge in [0.05, 0.1) is 20.2 Å². The van der Waals surface area contributed by atoms with Crippen LogP contribution < -0.4 is 0 Å². The predicted octanol–water partition coefficient (Wildman–Crippen LogP) is 2.30. The minimum absolute atomic E-state index is 0.326. The van der Waals surface area contributed by atoms with Crippen LogP contribution in [-0.4, -0.2) is 42.5 Å². The van der Waals surface area contributed by atoms with Crippen molar-refractivity contribution in [2.24, 2.45) is 0 Å². The zero-order chi connectivity index (χ0) is 12.4. The second-order valence-electron chi connectivity index (χ2n) is 5.07. The van der Waals surface area contributed by atoms with Crippen molar-refractivity contribution in [2.75, 3.05) is 20.2 Å². The topological polar surface area (TPSA) is 52.6 Å². The number of imide groups is 1. The smallest absolute Gasteiger partial charge is 0.423 e. The maximum atomic E-state index is 12.0. The van der Waals surface area contributed by atoms with Crippen molar-refractivity contribution >= 4 is 12.2 Å². The summed E-state index contributed by atoms with van der Waals surface area (Å²) in [6.45, 7) is 6.31. The molecule has 1 saturated heterocycles. The fourth-order valence-corrected chi connectivity index (χ4v) is 1.84. The summed E-state index contributed by atoms with van der Waals surface area (Å²) in [6.07, 6.45) is 0.659. The Bertz CT molecular complexity index is 287. The summed E-state index contributed by atoms with van der Waals surface area (Å²) < 4.78 is 9.66. The largest absolute Gasteiger partial charge is 0.527 e. The van der Waals surface area contributed by atoms with E-state index in [0.717, 1.165) is 12.8 Å². The minimum atomic E-state index is -0.584. The maximum Gasteiger partial charge on any atom is 0.527 e. The number of ether oxygens (including phenoxy) is 2. The van der Waals surface area contributed by atoms with E-state index in [1.165, 1.54) is 7.11 Å². The zero-order valence-corrected chi connectivity index (χ0v) is 10.4. The van der Waals surface area contributed by atoms with Crippen molar-refractivity contribution in [3.05, 3.63) is 0 Å². The molecule has 0 aromatic rings. The van der Waals surface area contributed by atoms with E-state index < -0.39 is 17.8 Å². The molecule has 16 heavy (non-hydrogen) atoms. The Hall–Kier alpha value is -1.10. The number of quaternary nitrogens is 1. The highest BCUT2D eigenvalue weighted by molar-refractivity contribution is 5.76. The Morgan fingerprint density at radius 2 is 1.56 bits per heavy atom. The molecule has 1 heterocycles. The van der Waals surface area contributed by atoms with E-state index in [4.69, 9.17) is 9.47 Å². The third-order valence-electron chi connectivity index (χ3n) is 2.60. The average Bonchev–Trinajstić information content (AvgIpc) is 2.63. The molecule has 1 fully saturated rings. The van der Waals surface area contributed by atoms with Gasteiger partial charge in [-0.1, -0.05) is 0 Å². The maximum absolute atomic E-state index is 12.0. The highest BCUT2D eigenvalue weighted by Gasteiger charge is 2.51. The van der Waals surface area contributed by atoms with Crippen molar-refractivity contribution in [1.82, 2.24) is 0 Å². The second kappa shape index (κ2) is 4.41. The van der Waals surface area contributed by atoms with E-state index in [-0.39, 0.29) is 4.48 Å². The fourth-order valence-electron chi connectivity index (χ4n) is 1.84. The Balaban J connectivity index is 2.86. The number of carbonyl (C=O) groups is 2. The molecule has 1 aliphatic rings. The number of amides is 2. The first kappa shape index (κ1) is 13.0. The standard InChI is InChI=1S/C11H20NO4/c1-11(2,3)16-10(14)12(9(13)15-4)7-5-6-8-12/h5-8H2,1-4H3/q+1. The van der Waals surface area contributed by atoms with Gasteiger partial charge >= 0.3 is 12.2 Å². The van der Waals surface area contributed by atoms with Crippen LogP contribution >= 0.6 is 0 Å². The number of likely N-dealkylation sites (tertiary alicyclic amines) is 1. The molecular formula is C11H20NO4+.